The van der Waals surface area contributed by atoms with Crippen molar-refractivity contribution in [1.29, 1.82) is 0 Å². The van der Waals surface area contributed by atoms with Gasteiger partial charge in [0.1, 0.15) is 17.3 Å². The minimum atomic E-state index is -1.22. The summed E-state index contributed by atoms with van der Waals surface area (Å²) in [4.78, 5) is 38.8. The van der Waals surface area contributed by atoms with Crippen LogP contribution < -0.4 is 9.64 Å². The third kappa shape index (κ3) is 5.67. The van der Waals surface area contributed by atoms with Gasteiger partial charge in [-0.2, -0.15) is 0 Å². The van der Waals surface area contributed by atoms with Crippen LogP contribution in [0, 0.1) is 15.9 Å². The Morgan fingerprint density at radius 1 is 1.12 bits per heavy atom. The number of non-ortho nitro benzene ring substituents is 1. The molecule has 208 valence electrons. The Morgan fingerprint density at radius 3 is 2.59 bits per heavy atom. The van der Waals surface area contributed by atoms with Crippen molar-refractivity contribution < 1.29 is 28.7 Å². The summed E-state index contributed by atoms with van der Waals surface area (Å²) in [5.41, 5.74) is 0.423. The van der Waals surface area contributed by atoms with Gasteiger partial charge >= 0.3 is 5.91 Å². The number of anilines is 1. The van der Waals surface area contributed by atoms with Gasteiger partial charge in [0.25, 0.3) is 11.5 Å². The topological polar surface area (TPSA) is 136 Å². The van der Waals surface area contributed by atoms with Crippen LogP contribution in [0.1, 0.15) is 29.7 Å². The van der Waals surface area contributed by atoms with Gasteiger partial charge in [0.2, 0.25) is 5.13 Å². The van der Waals surface area contributed by atoms with Crippen LogP contribution in [-0.4, -0.2) is 38.5 Å². The second kappa shape index (κ2) is 11.9. The van der Waals surface area contributed by atoms with Gasteiger partial charge in [0.15, 0.2) is 4.34 Å². The number of hydrogen-bond acceptors (Lipinski definition) is 10. The standard InChI is InChI=1S/C28H21FN4O6S2/c1-2-39-20-12-10-16(11-13-20)24(34)22-23(17-7-5-8-19(14-17)33(37)38)32(26(36)25(22)35)27-30-31-28(41-27)40-15-18-6-3-4-9-21(18)29/h3-14,23,34H,2,15H2,1H3/b24-22-. The Balaban J connectivity index is 1.56. The molecule has 1 amide bonds. The first-order valence-corrected chi connectivity index (χ1v) is 14.1. The summed E-state index contributed by atoms with van der Waals surface area (Å²) >= 11 is 2.20. The number of nitrogens with zero attached hydrogens (tertiary/aromatic N) is 4. The summed E-state index contributed by atoms with van der Waals surface area (Å²) < 4.78 is 19.9. The molecule has 0 saturated carbocycles. The number of nitro groups is 1. The van der Waals surface area contributed by atoms with E-state index in [0.29, 0.717) is 22.3 Å². The molecule has 0 radical (unpaired) electrons. The number of ether oxygens (including phenoxy) is 1. The number of nitro benzene ring substituents is 1. The molecule has 1 aliphatic heterocycles. The fraction of sp³-hybridized carbons (Fsp3) is 0.143. The Bertz CT molecular complexity index is 1670. The van der Waals surface area contributed by atoms with Gasteiger partial charge in [-0.15, -0.1) is 10.2 Å². The van der Waals surface area contributed by atoms with E-state index >= 15 is 0 Å². The number of hydrogen-bond donors (Lipinski definition) is 1. The van der Waals surface area contributed by atoms with Gasteiger partial charge < -0.3 is 9.84 Å². The Kier molecular flexibility index (Phi) is 8.08. The zero-order valence-electron chi connectivity index (χ0n) is 21.4. The monoisotopic (exact) mass is 592 g/mol. The maximum absolute atomic E-state index is 14.1. The van der Waals surface area contributed by atoms with Crippen molar-refractivity contribution in [2.24, 2.45) is 0 Å². The molecule has 10 nitrogen and oxygen atoms in total. The number of halogens is 1. The van der Waals surface area contributed by atoms with Crippen LogP contribution in [0.4, 0.5) is 15.2 Å². The fourth-order valence-electron chi connectivity index (χ4n) is 4.30. The van der Waals surface area contributed by atoms with Crippen molar-refractivity contribution in [2.75, 3.05) is 11.5 Å². The lowest BCUT2D eigenvalue weighted by Gasteiger charge is -2.22. The number of amides is 1. The number of Topliss-reactive ketones (excluding diaryl/α,β-unsaturated/α-hetero) is 1. The van der Waals surface area contributed by atoms with E-state index in [1.54, 1.807) is 42.5 Å². The van der Waals surface area contributed by atoms with Gasteiger partial charge in [-0.1, -0.05) is 53.4 Å². The average Bonchev–Trinajstić information content (AvgIpc) is 3.54. The Morgan fingerprint density at radius 2 is 1.88 bits per heavy atom. The van der Waals surface area contributed by atoms with Crippen LogP contribution in [0.15, 0.2) is 82.7 Å². The number of aromatic nitrogens is 2. The molecule has 0 aliphatic carbocycles. The SMILES string of the molecule is CCOc1ccc(/C(O)=C2/C(=O)C(=O)N(c3nnc(SCc4ccccc4F)s3)C2c2cccc([N+](=O)[O-])c2)cc1. The summed E-state index contributed by atoms with van der Waals surface area (Å²) in [6.07, 6.45) is 0. The number of benzene rings is 3. The van der Waals surface area contributed by atoms with Gasteiger partial charge in [0, 0.05) is 23.4 Å². The highest BCUT2D eigenvalue weighted by Gasteiger charge is 2.48. The number of rotatable bonds is 9. The lowest BCUT2D eigenvalue weighted by molar-refractivity contribution is -0.384. The van der Waals surface area contributed by atoms with E-state index in [0.717, 1.165) is 16.2 Å². The average molecular weight is 593 g/mol. The third-order valence-corrected chi connectivity index (χ3v) is 8.30. The van der Waals surface area contributed by atoms with Crippen molar-refractivity contribution in [3.8, 4) is 5.75 Å². The van der Waals surface area contributed by atoms with Crippen molar-refractivity contribution in [3.63, 3.8) is 0 Å². The van der Waals surface area contributed by atoms with E-state index in [2.05, 4.69) is 10.2 Å². The molecule has 1 aliphatic rings. The number of aliphatic hydroxyl groups excluding tert-OH is 1. The number of ketones is 1. The molecule has 0 bridgehead atoms. The van der Waals surface area contributed by atoms with Crippen molar-refractivity contribution in [3.05, 3.63) is 111 Å². The van der Waals surface area contributed by atoms with E-state index in [1.807, 2.05) is 6.92 Å². The van der Waals surface area contributed by atoms with Gasteiger partial charge in [-0.3, -0.25) is 24.6 Å². The highest BCUT2D eigenvalue weighted by atomic mass is 32.2. The second-order valence-corrected chi connectivity index (χ2v) is 10.9. The van der Waals surface area contributed by atoms with Crippen LogP contribution in [-0.2, 0) is 15.3 Å². The molecule has 0 spiro atoms. The molecule has 3 aromatic carbocycles. The Labute approximate surface area is 241 Å². The van der Waals surface area contributed by atoms with Gasteiger partial charge in [-0.05, 0) is 48.4 Å². The van der Waals surface area contributed by atoms with Crippen molar-refractivity contribution in [1.82, 2.24) is 10.2 Å². The largest absolute Gasteiger partial charge is 0.507 e. The van der Waals surface area contributed by atoms with Crippen molar-refractivity contribution in [2.45, 2.75) is 23.1 Å². The third-order valence-electron chi connectivity index (χ3n) is 6.19. The van der Waals surface area contributed by atoms with Crippen LogP contribution in [0.3, 0.4) is 0 Å². The maximum Gasteiger partial charge on any atom is 0.301 e. The molecule has 1 N–H and O–H groups in total. The summed E-state index contributed by atoms with van der Waals surface area (Å²) in [6.45, 7) is 2.26. The summed E-state index contributed by atoms with van der Waals surface area (Å²) in [6, 6.07) is 16.9. The minimum absolute atomic E-state index is 0.0467. The number of carbonyl (C=O) groups is 2. The van der Waals surface area contributed by atoms with Crippen LogP contribution in [0.5, 0.6) is 5.75 Å². The van der Waals surface area contributed by atoms with Crippen molar-refractivity contribution >= 4 is 51.4 Å². The molecule has 1 unspecified atom stereocenters. The predicted molar refractivity (Wildman–Crippen MR) is 151 cm³/mol. The predicted octanol–water partition coefficient (Wildman–Crippen LogP) is 5.90. The molecule has 1 saturated heterocycles. The van der Waals surface area contributed by atoms with E-state index in [1.165, 1.54) is 42.1 Å². The highest BCUT2D eigenvalue weighted by molar-refractivity contribution is 8.00. The number of thioether (sulfide) groups is 1. The zero-order chi connectivity index (χ0) is 29.1. The molecule has 41 heavy (non-hydrogen) atoms. The van der Waals surface area contributed by atoms with Crippen LogP contribution in [0.25, 0.3) is 5.76 Å². The number of carbonyl (C=O) groups excluding carboxylic acids is 2. The Hall–Kier alpha value is -4.62. The summed E-state index contributed by atoms with van der Waals surface area (Å²) in [5.74, 6) is -1.97. The smallest absolute Gasteiger partial charge is 0.301 e. The van der Waals surface area contributed by atoms with E-state index in [4.69, 9.17) is 4.74 Å². The first-order chi connectivity index (χ1) is 19.8. The zero-order valence-corrected chi connectivity index (χ0v) is 23.0. The quantitative estimate of drug-likeness (QED) is 0.0479. The van der Waals surface area contributed by atoms with E-state index < -0.39 is 28.4 Å². The van der Waals surface area contributed by atoms with Gasteiger partial charge in [-0.25, -0.2) is 4.39 Å². The van der Waals surface area contributed by atoms with Gasteiger partial charge in [0.05, 0.1) is 23.1 Å². The normalized spacial score (nSPS) is 16.2. The highest BCUT2D eigenvalue weighted by Crippen LogP contribution is 2.44. The maximum atomic E-state index is 14.1. The van der Waals surface area contributed by atoms with Crippen LogP contribution >= 0.6 is 23.1 Å². The fourth-order valence-corrected chi connectivity index (χ4v) is 6.15. The lowest BCUT2D eigenvalue weighted by Crippen LogP contribution is -2.29. The molecule has 13 heteroatoms. The van der Waals surface area contributed by atoms with E-state index in [9.17, 15) is 29.2 Å². The van der Waals surface area contributed by atoms with E-state index in [-0.39, 0.29) is 39.1 Å². The first kappa shape index (κ1) is 27.9. The molecule has 1 atom stereocenters. The first-order valence-electron chi connectivity index (χ1n) is 12.3. The summed E-state index contributed by atoms with van der Waals surface area (Å²) in [7, 11) is 0. The molecule has 5 rings (SSSR count). The molecule has 2 heterocycles. The summed E-state index contributed by atoms with van der Waals surface area (Å²) in [5, 5.41) is 31.0. The molecular formula is C28H21FN4O6S2. The van der Waals surface area contributed by atoms with Crippen LogP contribution in [0.2, 0.25) is 0 Å². The molecule has 4 aromatic rings. The molecular weight excluding hydrogens is 571 g/mol. The number of aliphatic hydroxyl groups is 1. The second-order valence-electron chi connectivity index (χ2n) is 8.71. The molecule has 1 aromatic heterocycles. The molecule has 1 fully saturated rings. The lowest BCUT2D eigenvalue weighted by atomic mass is 9.95. The minimum Gasteiger partial charge on any atom is -0.507 e.